The summed E-state index contributed by atoms with van der Waals surface area (Å²) in [6.07, 6.45) is 0. The summed E-state index contributed by atoms with van der Waals surface area (Å²) in [5.41, 5.74) is 5.12. The average molecular weight is 424 g/mol. The molecule has 156 valence electrons. The van der Waals surface area contributed by atoms with E-state index in [1.807, 2.05) is 36.4 Å². The van der Waals surface area contributed by atoms with Gasteiger partial charge in [-0.3, -0.25) is 0 Å². The zero-order valence-electron chi connectivity index (χ0n) is 17.9. The third kappa shape index (κ3) is 3.13. The first-order valence-corrected chi connectivity index (χ1v) is 11.1. The third-order valence-corrected chi connectivity index (χ3v) is 6.51. The number of hydrogen-bond donors (Lipinski definition) is 2. The van der Waals surface area contributed by atoms with Crippen LogP contribution in [0.3, 0.4) is 0 Å². The SMILES string of the molecule is OB(O)c1c2ccccc2c(-c2ccccc2-c2cccc3ccccc23)c2ccccc12. The Bertz CT molecular complexity index is 1590. The van der Waals surface area contributed by atoms with Crippen LogP contribution in [0.1, 0.15) is 0 Å². The molecule has 3 heteroatoms. The first-order valence-electron chi connectivity index (χ1n) is 11.1. The molecule has 0 spiro atoms. The van der Waals surface area contributed by atoms with Crippen molar-refractivity contribution in [2.24, 2.45) is 0 Å². The molecule has 0 amide bonds. The predicted molar refractivity (Wildman–Crippen MR) is 140 cm³/mol. The molecule has 0 aliphatic carbocycles. The molecular weight excluding hydrogens is 403 g/mol. The monoisotopic (exact) mass is 424 g/mol. The second-order valence-electron chi connectivity index (χ2n) is 8.33. The summed E-state index contributed by atoms with van der Waals surface area (Å²) in [7, 11) is -1.55. The van der Waals surface area contributed by atoms with Crippen molar-refractivity contribution in [3.05, 3.63) is 115 Å². The van der Waals surface area contributed by atoms with Crippen molar-refractivity contribution in [1.82, 2.24) is 0 Å². The maximum atomic E-state index is 10.3. The van der Waals surface area contributed by atoms with Gasteiger partial charge >= 0.3 is 7.12 Å². The molecule has 6 rings (SSSR count). The lowest BCUT2D eigenvalue weighted by atomic mass is 9.72. The van der Waals surface area contributed by atoms with Crippen LogP contribution in [0.25, 0.3) is 54.6 Å². The van der Waals surface area contributed by atoms with Gasteiger partial charge in [0.25, 0.3) is 0 Å². The highest BCUT2D eigenvalue weighted by Crippen LogP contribution is 2.42. The van der Waals surface area contributed by atoms with Crippen LogP contribution in [0.4, 0.5) is 0 Å². The number of fused-ring (bicyclic) bond motifs is 3. The second-order valence-corrected chi connectivity index (χ2v) is 8.33. The minimum Gasteiger partial charge on any atom is -0.423 e. The lowest BCUT2D eigenvalue weighted by Crippen LogP contribution is -2.31. The van der Waals surface area contributed by atoms with Crippen LogP contribution < -0.4 is 5.46 Å². The highest BCUT2D eigenvalue weighted by atomic mass is 16.4. The standard InChI is InChI=1S/C30H21BO2/c32-31(33)30-27-17-7-5-15-25(27)29(26-16-6-8-18-28(26)30)24-14-4-3-13-23(24)22-19-9-11-20-10-1-2-12-21(20)22/h1-19,32-33H. The van der Waals surface area contributed by atoms with Gasteiger partial charge in [-0.15, -0.1) is 0 Å². The van der Waals surface area contributed by atoms with Gasteiger partial charge in [-0.1, -0.05) is 115 Å². The zero-order valence-corrected chi connectivity index (χ0v) is 17.9. The molecule has 2 nitrogen and oxygen atoms in total. The average Bonchev–Trinajstić information content (AvgIpc) is 2.86. The summed E-state index contributed by atoms with van der Waals surface area (Å²) < 4.78 is 0. The maximum Gasteiger partial charge on any atom is 0.489 e. The van der Waals surface area contributed by atoms with Gasteiger partial charge in [-0.25, -0.2) is 0 Å². The van der Waals surface area contributed by atoms with Gasteiger partial charge in [-0.2, -0.15) is 0 Å². The quantitative estimate of drug-likeness (QED) is 0.264. The Morgan fingerprint density at radius 2 is 0.848 bits per heavy atom. The number of hydrogen-bond acceptors (Lipinski definition) is 2. The fourth-order valence-electron chi connectivity index (χ4n) is 5.13. The number of benzene rings is 6. The molecule has 6 aromatic rings. The smallest absolute Gasteiger partial charge is 0.423 e. The van der Waals surface area contributed by atoms with Crippen molar-refractivity contribution in [2.75, 3.05) is 0 Å². The molecule has 0 bridgehead atoms. The van der Waals surface area contributed by atoms with E-state index in [9.17, 15) is 10.0 Å². The van der Waals surface area contributed by atoms with E-state index in [-0.39, 0.29) is 0 Å². The Morgan fingerprint density at radius 1 is 0.394 bits per heavy atom. The molecule has 0 atom stereocenters. The summed E-state index contributed by atoms with van der Waals surface area (Å²) in [5, 5.41) is 26.7. The topological polar surface area (TPSA) is 40.5 Å². The third-order valence-electron chi connectivity index (χ3n) is 6.51. The van der Waals surface area contributed by atoms with Gasteiger partial charge in [0.1, 0.15) is 0 Å². The van der Waals surface area contributed by atoms with E-state index in [2.05, 4.69) is 78.9 Å². The van der Waals surface area contributed by atoms with Crippen molar-refractivity contribution in [3.8, 4) is 22.3 Å². The molecule has 2 N–H and O–H groups in total. The number of rotatable bonds is 3. The first-order chi connectivity index (χ1) is 16.2. The highest BCUT2D eigenvalue weighted by molar-refractivity contribution is 6.66. The van der Waals surface area contributed by atoms with E-state index < -0.39 is 7.12 Å². The van der Waals surface area contributed by atoms with Crippen molar-refractivity contribution >= 4 is 44.9 Å². The van der Waals surface area contributed by atoms with E-state index in [0.717, 1.165) is 38.2 Å². The van der Waals surface area contributed by atoms with Crippen molar-refractivity contribution in [1.29, 1.82) is 0 Å². The second kappa shape index (κ2) is 7.89. The van der Waals surface area contributed by atoms with Crippen LogP contribution >= 0.6 is 0 Å². The summed E-state index contributed by atoms with van der Waals surface area (Å²) in [6, 6.07) is 39.4. The summed E-state index contributed by atoms with van der Waals surface area (Å²) in [4.78, 5) is 0. The van der Waals surface area contributed by atoms with Gasteiger partial charge in [0.2, 0.25) is 0 Å². The molecular formula is C30H21BO2. The molecule has 0 saturated heterocycles. The Kier molecular flexibility index (Phi) is 4.72. The highest BCUT2D eigenvalue weighted by Gasteiger charge is 2.23. The normalized spacial score (nSPS) is 11.3. The largest absolute Gasteiger partial charge is 0.489 e. The molecule has 33 heavy (non-hydrogen) atoms. The summed E-state index contributed by atoms with van der Waals surface area (Å²) in [5.74, 6) is 0. The van der Waals surface area contributed by atoms with Crippen molar-refractivity contribution < 1.29 is 10.0 Å². The van der Waals surface area contributed by atoms with Crippen LogP contribution in [-0.2, 0) is 0 Å². The van der Waals surface area contributed by atoms with E-state index in [1.165, 1.54) is 16.3 Å². The lowest BCUT2D eigenvalue weighted by molar-refractivity contribution is 0.426. The van der Waals surface area contributed by atoms with Crippen molar-refractivity contribution in [3.63, 3.8) is 0 Å². The van der Waals surface area contributed by atoms with E-state index in [4.69, 9.17) is 0 Å². The Hall–Kier alpha value is -3.92. The molecule has 0 unspecified atom stereocenters. The predicted octanol–water partition coefficient (Wildman–Crippen LogP) is 6.16. The molecule has 6 aromatic carbocycles. The van der Waals surface area contributed by atoms with Crippen molar-refractivity contribution in [2.45, 2.75) is 0 Å². The lowest BCUT2D eigenvalue weighted by Gasteiger charge is -2.19. The summed E-state index contributed by atoms with van der Waals surface area (Å²) in [6.45, 7) is 0. The first kappa shape index (κ1) is 19.7. The Morgan fingerprint density at radius 3 is 1.48 bits per heavy atom. The molecule has 0 saturated carbocycles. The molecule has 0 aromatic heterocycles. The van der Waals surface area contributed by atoms with Crippen LogP contribution in [-0.4, -0.2) is 17.2 Å². The Labute approximate surface area is 192 Å². The van der Waals surface area contributed by atoms with Crippen LogP contribution in [0.15, 0.2) is 115 Å². The molecule has 0 radical (unpaired) electrons. The minimum absolute atomic E-state index is 0.549. The zero-order chi connectivity index (χ0) is 22.4. The van der Waals surface area contributed by atoms with Crippen LogP contribution in [0, 0.1) is 0 Å². The molecule has 0 aliphatic heterocycles. The van der Waals surface area contributed by atoms with Crippen LogP contribution in [0.5, 0.6) is 0 Å². The van der Waals surface area contributed by atoms with E-state index in [1.54, 1.807) is 0 Å². The van der Waals surface area contributed by atoms with Gasteiger partial charge in [0.15, 0.2) is 0 Å². The van der Waals surface area contributed by atoms with Gasteiger partial charge in [0.05, 0.1) is 0 Å². The molecule has 0 heterocycles. The van der Waals surface area contributed by atoms with E-state index in [0.29, 0.717) is 5.46 Å². The Balaban J connectivity index is 1.78. The van der Waals surface area contributed by atoms with Gasteiger partial charge < -0.3 is 10.0 Å². The van der Waals surface area contributed by atoms with Gasteiger partial charge in [0, 0.05) is 0 Å². The summed E-state index contributed by atoms with van der Waals surface area (Å²) >= 11 is 0. The fourth-order valence-corrected chi connectivity index (χ4v) is 5.13. The fraction of sp³-hybridized carbons (Fsp3) is 0. The maximum absolute atomic E-state index is 10.3. The van der Waals surface area contributed by atoms with E-state index >= 15 is 0 Å². The minimum atomic E-state index is -1.55. The van der Waals surface area contributed by atoms with Crippen LogP contribution in [0.2, 0.25) is 0 Å². The molecule has 0 fully saturated rings. The molecule has 0 aliphatic rings. The van der Waals surface area contributed by atoms with Gasteiger partial charge in [-0.05, 0) is 60.0 Å².